The molecule has 2 N–H and O–H groups in total. The van der Waals surface area contributed by atoms with E-state index in [1.165, 1.54) is 17.4 Å². The molecule has 2 amide bonds. The zero-order chi connectivity index (χ0) is 25.1. The van der Waals surface area contributed by atoms with Crippen molar-refractivity contribution in [3.63, 3.8) is 0 Å². The van der Waals surface area contributed by atoms with Crippen LogP contribution in [0.5, 0.6) is 0 Å². The van der Waals surface area contributed by atoms with Gasteiger partial charge in [0.2, 0.25) is 5.91 Å². The van der Waals surface area contributed by atoms with Gasteiger partial charge in [-0.25, -0.2) is 4.68 Å². The van der Waals surface area contributed by atoms with Crippen LogP contribution in [0.1, 0.15) is 20.9 Å². The van der Waals surface area contributed by atoms with Crippen LogP contribution in [0.15, 0.2) is 65.7 Å². The summed E-state index contributed by atoms with van der Waals surface area (Å²) in [5, 5.41) is 14.1. The number of hydrogen-bond acceptors (Lipinski definition) is 7. The number of piperazine rings is 1. The van der Waals surface area contributed by atoms with Gasteiger partial charge in [0.1, 0.15) is 5.69 Å². The molecule has 3 aromatic heterocycles. The lowest BCUT2D eigenvalue weighted by Crippen LogP contribution is -2.47. The third-order valence-corrected chi connectivity index (χ3v) is 6.92. The van der Waals surface area contributed by atoms with E-state index in [1.54, 1.807) is 45.9 Å². The standard InChI is InChI=1S/C24H22ClN7O3S/c25-21-7-6-20(36-21)24(35)27-12-17-14-32(29-28-17)19-5-4-18(31-9-2-1-3-23(31)34)11-16(19)13-30-10-8-26-22(33)15-30/h1-7,9,11,14H,8,10,12-13,15H2,(H,26,33)(H,27,35). The van der Waals surface area contributed by atoms with Gasteiger partial charge in [-0.2, -0.15) is 0 Å². The molecule has 0 bridgehead atoms. The van der Waals surface area contributed by atoms with Crippen molar-refractivity contribution in [3.05, 3.63) is 91.7 Å². The normalized spacial score (nSPS) is 14.0. The topological polar surface area (TPSA) is 114 Å². The van der Waals surface area contributed by atoms with Crippen LogP contribution in [-0.2, 0) is 17.9 Å². The lowest BCUT2D eigenvalue weighted by molar-refractivity contribution is -0.124. The van der Waals surface area contributed by atoms with Crippen molar-refractivity contribution in [1.29, 1.82) is 0 Å². The summed E-state index contributed by atoms with van der Waals surface area (Å²) in [7, 11) is 0. The lowest BCUT2D eigenvalue weighted by Gasteiger charge is -2.27. The quantitative estimate of drug-likeness (QED) is 0.383. The summed E-state index contributed by atoms with van der Waals surface area (Å²) in [5.74, 6) is -0.257. The first-order chi connectivity index (χ1) is 17.5. The number of hydrogen-bond donors (Lipinski definition) is 2. The fraction of sp³-hybridized carbons (Fsp3) is 0.208. The van der Waals surface area contributed by atoms with Crippen LogP contribution in [0.3, 0.4) is 0 Å². The first-order valence-electron chi connectivity index (χ1n) is 11.2. The van der Waals surface area contributed by atoms with E-state index in [4.69, 9.17) is 11.6 Å². The van der Waals surface area contributed by atoms with Gasteiger partial charge in [-0.05, 0) is 42.0 Å². The van der Waals surface area contributed by atoms with E-state index >= 15 is 0 Å². The third kappa shape index (κ3) is 5.38. The number of carbonyl (C=O) groups is 2. The first-order valence-corrected chi connectivity index (χ1v) is 12.4. The molecule has 0 spiro atoms. The second-order valence-corrected chi connectivity index (χ2v) is 9.94. The van der Waals surface area contributed by atoms with Crippen LogP contribution in [0.2, 0.25) is 4.34 Å². The van der Waals surface area contributed by atoms with Crippen molar-refractivity contribution < 1.29 is 9.59 Å². The van der Waals surface area contributed by atoms with Crippen molar-refractivity contribution >= 4 is 34.8 Å². The Morgan fingerprint density at radius 1 is 1.17 bits per heavy atom. The van der Waals surface area contributed by atoms with Gasteiger partial charge in [0.25, 0.3) is 11.5 Å². The molecule has 1 aliphatic rings. The summed E-state index contributed by atoms with van der Waals surface area (Å²) >= 11 is 7.12. The number of nitrogens with one attached hydrogen (secondary N) is 2. The Morgan fingerprint density at radius 3 is 2.83 bits per heavy atom. The Hall–Kier alpha value is -3.80. The SMILES string of the molecule is O=C1CN(Cc2cc(-n3ccccc3=O)ccc2-n2cc(CNC(=O)c3ccc(Cl)s3)nn2)CCN1. The van der Waals surface area contributed by atoms with Gasteiger partial charge in [-0.15, -0.1) is 16.4 Å². The van der Waals surface area contributed by atoms with Gasteiger partial charge < -0.3 is 10.6 Å². The summed E-state index contributed by atoms with van der Waals surface area (Å²) < 4.78 is 3.75. The molecule has 1 fully saturated rings. The molecule has 4 aromatic rings. The lowest BCUT2D eigenvalue weighted by atomic mass is 10.1. The summed E-state index contributed by atoms with van der Waals surface area (Å²) in [5.41, 5.74) is 2.80. The first kappa shape index (κ1) is 23.9. The molecule has 5 rings (SSSR count). The van der Waals surface area contributed by atoms with Gasteiger partial charge in [-0.3, -0.25) is 23.9 Å². The molecule has 184 valence electrons. The zero-order valence-corrected chi connectivity index (χ0v) is 20.6. The van der Waals surface area contributed by atoms with Gasteiger partial charge in [0.15, 0.2) is 0 Å². The largest absolute Gasteiger partial charge is 0.354 e. The maximum Gasteiger partial charge on any atom is 0.261 e. The van der Waals surface area contributed by atoms with Gasteiger partial charge in [-0.1, -0.05) is 22.9 Å². The Bertz CT molecular complexity index is 1480. The molecule has 1 aromatic carbocycles. The Labute approximate surface area is 215 Å². The summed E-state index contributed by atoms with van der Waals surface area (Å²) in [6, 6.07) is 14.0. The minimum Gasteiger partial charge on any atom is -0.354 e. The number of pyridine rings is 1. The number of thiophene rings is 1. The van der Waals surface area contributed by atoms with E-state index in [1.807, 2.05) is 23.1 Å². The highest BCUT2D eigenvalue weighted by Gasteiger charge is 2.19. The van der Waals surface area contributed by atoms with E-state index in [2.05, 4.69) is 20.9 Å². The molecule has 0 atom stereocenters. The third-order valence-electron chi connectivity index (χ3n) is 5.69. The Kier molecular flexibility index (Phi) is 6.94. The molecule has 0 aliphatic carbocycles. The maximum absolute atomic E-state index is 12.4. The Balaban J connectivity index is 1.41. The molecule has 36 heavy (non-hydrogen) atoms. The van der Waals surface area contributed by atoms with Crippen LogP contribution in [-0.4, -0.2) is 55.9 Å². The molecule has 0 unspecified atom stereocenters. The van der Waals surface area contributed by atoms with Crippen LogP contribution in [0, 0.1) is 0 Å². The highest BCUT2D eigenvalue weighted by atomic mass is 35.5. The molecule has 4 heterocycles. The van der Waals surface area contributed by atoms with Gasteiger partial charge in [0, 0.05) is 37.6 Å². The van der Waals surface area contributed by atoms with Crippen molar-refractivity contribution in [3.8, 4) is 11.4 Å². The van der Waals surface area contributed by atoms with Crippen molar-refractivity contribution in [2.75, 3.05) is 19.6 Å². The number of rotatable bonds is 7. The van der Waals surface area contributed by atoms with Crippen molar-refractivity contribution in [2.45, 2.75) is 13.1 Å². The Morgan fingerprint density at radius 2 is 2.06 bits per heavy atom. The zero-order valence-electron chi connectivity index (χ0n) is 19.1. The molecular weight excluding hydrogens is 502 g/mol. The van der Waals surface area contributed by atoms with Gasteiger partial charge in [0.05, 0.1) is 34.2 Å². The fourth-order valence-electron chi connectivity index (χ4n) is 3.97. The molecular formula is C24H22ClN7O3S. The van der Waals surface area contributed by atoms with Gasteiger partial charge >= 0.3 is 0 Å². The number of aromatic nitrogens is 4. The average Bonchev–Trinajstić information content (AvgIpc) is 3.52. The number of carbonyl (C=O) groups excluding carboxylic acids is 2. The predicted octanol–water partition coefficient (Wildman–Crippen LogP) is 1.99. The van der Waals surface area contributed by atoms with E-state index in [-0.39, 0.29) is 30.5 Å². The number of nitrogens with zero attached hydrogens (tertiary/aromatic N) is 5. The van der Waals surface area contributed by atoms with Crippen molar-refractivity contribution in [1.82, 2.24) is 35.1 Å². The second-order valence-electron chi connectivity index (χ2n) is 8.22. The monoisotopic (exact) mass is 523 g/mol. The summed E-state index contributed by atoms with van der Waals surface area (Å²) in [6.45, 7) is 2.27. The van der Waals surface area contributed by atoms with E-state index in [0.717, 1.165) is 11.3 Å². The van der Waals surface area contributed by atoms with Crippen LogP contribution >= 0.6 is 22.9 Å². The van der Waals surface area contributed by atoms with Crippen LogP contribution in [0.4, 0.5) is 0 Å². The smallest absolute Gasteiger partial charge is 0.261 e. The average molecular weight is 524 g/mol. The summed E-state index contributed by atoms with van der Waals surface area (Å²) in [4.78, 5) is 39.2. The predicted molar refractivity (Wildman–Crippen MR) is 136 cm³/mol. The minimum atomic E-state index is -0.233. The molecule has 0 radical (unpaired) electrons. The molecule has 12 heteroatoms. The highest BCUT2D eigenvalue weighted by molar-refractivity contribution is 7.17. The molecule has 1 aliphatic heterocycles. The second kappa shape index (κ2) is 10.4. The van der Waals surface area contributed by atoms with Crippen LogP contribution < -0.4 is 16.2 Å². The highest BCUT2D eigenvalue weighted by Crippen LogP contribution is 2.22. The number of halogens is 1. The molecule has 0 saturated carbocycles. The summed E-state index contributed by atoms with van der Waals surface area (Å²) in [6.07, 6.45) is 3.46. The minimum absolute atomic E-state index is 0.0240. The van der Waals surface area contributed by atoms with E-state index < -0.39 is 0 Å². The molecule has 10 nitrogen and oxygen atoms in total. The van der Waals surface area contributed by atoms with E-state index in [0.29, 0.717) is 40.2 Å². The number of amides is 2. The number of benzene rings is 1. The molecule has 1 saturated heterocycles. The fourth-order valence-corrected chi connectivity index (χ4v) is 4.93. The maximum atomic E-state index is 12.4. The van der Waals surface area contributed by atoms with Crippen molar-refractivity contribution in [2.24, 2.45) is 0 Å². The van der Waals surface area contributed by atoms with E-state index in [9.17, 15) is 14.4 Å². The van der Waals surface area contributed by atoms with Crippen LogP contribution in [0.25, 0.3) is 11.4 Å².